The van der Waals surface area contributed by atoms with Crippen molar-refractivity contribution in [1.82, 2.24) is 10.2 Å². The summed E-state index contributed by atoms with van der Waals surface area (Å²) in [6.45, 7) is 1.77. The smallest absolute Gasteiger partial charge is 0.247 e. The molecule has 0 aliphatic rings. The minimum absolute atomic E-state index is 0.546. The Balaban J connectivity index is 2.45. The van der Waals surface area contributed by atoms with Crippen LogP contribution in [-0.2, 0) is 0 Å². The average molecular weight is 159 g/mol. The normalized spacial score (nSPS) is 10.1. The molecule has 1 aromatic carbocycles. The maximum Gasteiger partial charge on any atom is 0.247 e. The van der Waals surface area contributed by atoms with Gasteiger partial charge in [-0.25, -0.2) is 0 Å². The molecule has 12 heavy (non-hydrogen) atoms. The van der Waals surface area contributed by atoms with Crippen molar-refractivity contribution < 1.29 is 4.42 Å². The maximum atomic E-state index is 5.23. The van der Waals surface area contributed by atoms with Crippen LogP contribution in [0.3, 0.4) is 0 Å². The zero-order chi connectivity index (χ0) is 8.39. The van der Waals surface area contributed by atoms with Crippen LogP contribution < -0.4 is 0 Å². The molecule has 0 fully saturated rings. The molecule has 1 heterocycles. The predicted octanol–water partition coefficient (Wildman–Crippen LogP) is 1.85. The van der Waals surface area contributed by atoms with Crippen LogP contribution in [0.25, 0.3) is 11.5 Å². The van der Waals surface area contributed by atoms with E-state index in [0.717, 1.165) is 5.56 Å². The van der Waals surface area contributed by atoms with Crippen molar-refractivity contribution in [2.24, 2.45) is 0 Å². The van der Waals surface area contributed by atoms with E-state index < -0.39 is 0 Å². The molecule has 59 valence electrons. The van der Waals surface area contributed by atoms with Crippen LogP contribution in [0, 0.1) is 13.0 Å². The topological polar surface area (TPSA) is 38.9 Å². The van der Waals surface area contributed by atoms with Gasteiger partial charge in [-0.05, 0) is 18.2 Å². The molecule has 0 saturated carbocycles. The minimum atomic E-state index is 0.546. The third kappa shape index (κ3) is 1.21. The van der Waals surface area contributed by atoms with E-state index in [1.165, 1.54) is 0 Å². The number of aromatic nitrogens is 2. The molecule has 1 radical (unpaired) electrons. The molecule has 0 aliphatic heterocycles. The Hall–Kier alpha value is -1.64. The van der Waals surface area contributed by atoms with E-state index in [1.54, 1.807) is 6.92 Å². The summed E-state index contributed by atoms with van der Waals surface area (Å²) in [6.07, 6.45) is 0. The Morgan fingerprint density at radius 2 is 2.33 bits per heavy atom. The first-order valence-electron chi connectivity index (χ1n) is 3.63. The number of rotatable bonds is 1. The van der Waals surface area contributed by atoms with Crippen molar-refractivity contribution in [2.45, 2.75) is 6.92 Å². The summed E-state index contributed by atoms with van der Waals surface area (Å²) in [5, 5.41) is 7.61. The Bertz CT molecular complexity index is 367. The lowest BCUT2D eigenvalue weighted by Crippen LogP contribution is -1.75. The Labute approximate surface area is 70.1 Å². The van der Waals surface area contributed by atoms with Gasteiger partial charge in [-0.3, -0.25) is 0 Å². The van der Waals surface area contributed by atoms with E-state index >= 15 is 0 Å². The monoisotopic (exact) mass is 159 g/mol. The van der Waals surface area contributed by atoms with E-state index in [9.17, 15) is 0 Å². The fourth-order valence-electron chi connectivity index (χ4n) is 0.940. The highest BCUT2D eigenvalue weighted by Gasteiger charge is 2.03. The lowest BCUT2D eigenvalue weighted by atomic mass is 10.2. The summed E-state index contributed by atoms with van der Waals surface area (Å²) in [6, 6.07) is 10.4. The third-order valence-corrected chi connectivity index (χ3v) is 1.48. The van der Waals surface area contributed by atoms with Crippen LogP contribution in [-0.4, -0.2) is 10.2 Å². The quantitative estimate of drug-likeness (QED) is 0.637. The zero-order valence-corrected chi connectivity index (χ0v) is 6.61. The molecular weight excluding hydrogens is 152 g/mol. The first-order valence-corrected chi connectivity index (χ1v) is 3.63. The van der Waals surface area contributed by atoms with E-state index in [4.69, 9.17) is 4.42 Å². The van der Waals surface area contributed by atoms with Gasteiger partial charge in [0.25, 0.3) is 0 Å². The van der Waals surface area contributed by atoms with Crippen molar-refractivity contribution in [3.63, 3.8) is 0 Å². The molecule has 0 aliphatic carbocycles. The van der Waals surface area contributed by atoms with Gasteiger partial charge < -0.3 is 4.42 Å². The van der Waals surface area contributed by atoms with Gasteiger partial charge in [-0.1, -0.05) is 12.1 Å². The highest BCUT2D eigenvalue weighted by Crippen LogP contribution is 2.15. The van der Waals surface area contributed by atoms with Gasteiger partial charge in [0, 0.05) is 12.5 Å². The molecule has 0 bridgehead atoms. The predicted molar refractivity (Wildman–Crippen MR) is 43.3 cm³/mol. The van der Waals surface area contributed by atoms with E-state index in [0.29, 0.717) is 11.8 Å². The molecule has 2 rings (SSSR count). The molecule has 0 unspecified atom stereocenters. The minimum Gasteiger partial charge on any atom is -0.421 e. The Morgan fingerprint density at radius 1 is 1.42 bits per heavy atom. The van der Waals surface area contributed by atoms with Gasteiger partial charge >= 0.3 is 0 Å². The van der Waals surface area contributed by atoms with Crippen LogP contribution >= 0.6 is 0 Å². The molecule has 0 atom stereocenters. The second kappa shape index (κ2) is 2.77. The first kappa shape index (κ1) is 7.03. The van der Waals surface area contributed by atoms with Crippen LogP contribution in [0.5, 0.6) is 0 Å². The zero-order valence-electron chi connectivity index (χ0n) is 6.61. The number of nitrogens with zero attached hydrogens (tertiary/aromatic N) is 2. The molecule has 3 heteroatoms. The van der Waals surface area contributed by atoms with Gasteiger partial charge in [0.2, 0.25) is 11.8 Å². The van der Waals surface area contributed by atoms with Crippen molar-refractivity contribution >= 4 is 0 Å². The van der Waals surface area contributed by atoms with Crippen molar-refractivity contribution in [3.8, 4) is 11.5 Å². The standard InChI is InChI=1S/C9H7N2O/c1-7-10-11-9(12-7)8-5-3-2-4-6-8/h2-3,5-6H,1H3. The Morgan fingerprint density at radius 3 is 2.92 bits per heavy atom. The number of hydrogen-bond donors (Lipinski definition) is 0. The molecule has 0 amide bonds. The molecule has 0 N–H and O–H groups in total. The van der Waals surface area contributed by atoms with Crippen LogP contribution in [0.1, 0.15) is 5.89 Å². The van der Waals surface area contributed by atoms with Gasteiger partial charge in [0.15, 0.2) is 0 Å². The van der Waals surface area contributed by atoms with Gasteiger partial charge in [0.1, 0.15) is 0 Å². The van der Waals surface area contributed by atoms with Crippen LogP contribution in [0.2, 0.25) is 0 Å². The summed E-state index contributed by atoms with van der Waals surface area (Å²) in [5.41, 5.74) is 0.901. The Kier molecular flexibility index (Phi) is 1.63. The summed E-state index contributed by atoms with van der Waals surface area (Å²) in [7, 11) is 0. The third-order valence-electron chi connectivity index (χ3n) is 1.48. The number of hydrogen-bond acceptors (Lipinski definition) is 3. The number of benzene rings is 1. The van der Waals surface area contributed by atoms with E-state index in [-0.39, 0.29) is 0 Å². The lowest BCUT2D eigenvalue weighted by molar-refractivity contribution is 0.533. The maximum absolute atomic E-state index is 5.23. The molecule has 0 saturated heterocycles. The highest BCUT2D eigenvalue weighted by atomic mass is 16.4. The summed E-state index contributed by atoms with van der Waals surface area (Å²) < 4.78 is 5.23. The van der Waals surface area contributed by atoms with Gasteiger partial charge in [-0.2, -0.15) is 0 Å². The van der Waals surface area contributed by atoms with Crippen LogP contribution in [0.15, 0.2) is 28.7 Å². The summed E-state index contributed by atoms with van der Waals surface area (Å²) in [4.78, 5) is 0. The second-order valence-corrected chi connectivity index (χ2v) is 2.42. The van der Waals surface area contributed by atoms with E-state index in [2.05, 4.69) is 16.3 Å². The second-order valence-electron chi connectivity index (χ2n) is 2.42. The molecule has 2 aromatic rings. The fraction of sp³-hybridized carbons (Fsp3) is 0.111. The molecule has 0 spiro atoms. The molecule has 1 aromatic heterocycles. The molecular formula is C9H7N2O. The molecule has 3 nitrogen and oxygen atoms in total. The average Bonchev–Trinajstić information content (AvgIpc) is 2.54. The van der Waals surface area contributed by atoms with Crippen molar-refractivity contribution in [3.05, 3.63) is 36.2 Å². The highest BCUT2D eigenvalue weighted by molar-refractivity contribution is 5.51. The van der Waals surface area contributed by atoms with Crippen LogP contribution in [0.4, 0.5) is 0 Å². The van der Waals surface area contributed by atoms with E-state index in [1.807, 2.05) is 24.3 Å². The lowest BCUT2D eigenvalue weighted by Gasteiger charge is -1.90. The van der Waals surface area contributed by atoms with Crippen molar-refractivity contribution in [1.29, 1.82) is 0 Å². The van der Waals surface area contributed by atoms with Gasteiger partial charge in [-0.15, -0.1) is 10.2 Å². The fourth-order valence-corrected chi connectivity index (χ4v) is 0.940. The summed E-state index contributed by atoms with van der Waals surface area (Å²) >= 11 is 0. The summed E-state index contributed by atoms with van der Waals surface area (Å²) in [5.74, 6) is 1.12. The number of aryl methyl sites for hydroxylation is 1. The van der Waals surface area contributed by atoms with Crippen molar-refractivity contribution in [2.75, 3.05) is 0 Å². The first-order chi connectivity index (χ1) is 5.86. The van der Waals surface area contributed by atoms with Gasteiger partial charge in [0.05, 0.1) is 0 Å². The SMILES string of the molecule is Cc1nnc(-c2c[c]ccc2)o1. The largest absolute Gasteiger partial charge is 0.421 e.